The molecule has 0 amide bonds. The van der Waals surface area contributed by atoms with Crippen molar-refractivity contribution in [3.8, 4) is 0 Å². The Kier molecular flexibility index (Phi) is 3.66. The van der Waals surface area contributed by atoms with E-state index in [1.807, 2.05) is 30.3 Å². The van der Waals surface area contributed by atoms with E-state index in [0.29, 0.717) is 0 Å². The van der Waals surface area contributed by atoms with Gasteiger partial charge in [0, 0.05) is 0 Å². The molecule has 0 aliphatic heterocycles. The summed E-state index contributed by atoms with van der Waals surface area (Å²) in [5.74, 6) is 0. The zero-order valence-electron chi connectivity index (χ0n) is 10.1. The van der Waals surface area contributed by atoms with Gasteiger partial charge in [0.05, 0.1) is 0 Å². The molecular formula is C14H17F3O. The van der Waals surface area contributed by atoms with E-state index in [1.165, 1.54) is 0 Å². The first-order valence-electron chi connectivity index (χ1n) is 6.24. The normalized spacial score (nSPS) is 20.9. The summed E-state index contributed by atoms with van der Waals surface area (Å²) in [6, 6.07) is 9.28. The molecule has 1 aliphatic rings. The van der Waals surface area contributed by atoms with E-state index in [4.69, 9.17) is 0 Å². The predicted molar refractivity (Wildman–Crippen MR) is 63.3 cm³/mol. The van der Waals surface area contributed by atoms with Gasteiger partial charge in [0.1, 0.15) is 0 Å². The van der Waals surface area contributed by atoms with Crippen molar-refractivity contribution in [3.63, 3.8) is 0 Å². The number of hydrogen-bond donors (Lipinski definition) is 1. The van der Waals surface area contributed by atoms with Crippen molar-refractivity contribution in [2.24, 2.45) is 0 Å². The fraction of sp³-hybridized carbons (Fsp3) is 0.571. The van der Waals surface area contributed by atoms with Crippen LogP contribution in [-0.2, 0) is 5.41 Å². The van der Waals surface area contributed by atoms with Crippen LogP contribution >= 0.6 is 0 Å². The molecule has 1 nitrogen and oxygen atoms in total. The molecule has 0 saturated heterocycles. The molecule has 18 heavy (non-hydrogen) atoms. The Morgan fingerprint density at radius 1 is 1.11 bits per heavy atom. The van der Waals surface area contributed by atoms with Gasteiger partial charge in [0.25, 0.3) is 0 Å². The number of alkyl halides is 3. The first-order chi connectivity index (χ1) is 8.44. The summed E-state index contributed by atoms with van der Waals surface area (Å²) in [5, 5.41) is 9.35. The molecule has 1 aliphatic carbocycles. The van der Waals surface area contributed by atoms with E-state index in [2.05, 4.69) is 0 Å². The van der Waals surface area contributed by atoms with Gasteiger partial charge < -0.3 is 5.11 Å². The standard InChI is InChI=1S/C14H17F3O/c15-14(16,17)12(18)10-13(8-4-5-9-13)11-6-2-1-3-7-11/h1-3,6-7,12,18H,4-5,8-10H2. The molecule has 1 unspecified atom stereocenters. The Labute approximate surface area is 105 Å². The lowest BCUT2D eigenvalue weighted by Gasteiger charge is -2.32. The lowest BCUT2D eigenvalue weighted by molar-refractivity contribution is -0.209. The maximum Gasteiger partial charge on any atom is 0.414 e. The number of halogens is 3. The van der Waals surface area contributed by atoms with Gasteiger partial charge in [-0.2, -0.15) is 13.2 Å². The zero-order chi connectivity index (χ0) is 13.2. The van der Waals surface area contributed by atoms with Crippen molar-refractivity contribution in [2.75, 3.05) is 0 Å². The first-order valence-corrected chi connectivity index (χ1v) is 6.24. The van der Waals surface area contributed by atoms with E-state index in [-0.39, 0.29) is 6.42 Å². The Morgan fingerprint density at radius 3 is 2.17 bits per heavy atom. The Hall–Kier alpha value is -1.03. The monoisotopic (exact) mass is 258 g/mol. The Balaban J connectivity index is 2.23. The summed E-state index contributed by atoms with van der Waals surface area (Å²) in [6.07, 6.45) is -3.66. The lowest BCUT2D eigenvalue weighted by Crippen LogP contribution is -2.36. The van der Waals surface area contributed by atoms with E-state index in [9.17, 15) is 18.3 Å². The smallest absolute Gasteiger partial charge is 0.384 e. The van der Waals surface area contributed by atoms with Crippen molar-refractivity contribution < 1.29 is 18.3 Å². The van der Waals surface area contributed by atoms with Crippen LogP contribution in [0.3, 0.4) is 0 Å². The van der Waals surface area contributed by atoms with Crippen molar-refractivity contribution in [2.45, 2.75) is 49.8 Å². The number of aliphatic hydroxyl groups excluding tert-OH is 1. The van der Waals surface area contributed by atoms with Gasteiger partial charge in [-0.25, -0.2) is 0 Å². The third kappa shape index (κ3) is 2.69. The molecule has 0 radical (unpaired) electrons. The van der Waals surface area contributed by atoms with E-state index < -0.39 is 17.7 Å². The SMILES string of the molecule is OC(CC1(c2ccccc2)CCCC1)C(F)(F)F. The van der Waals surface area contributed by atoms with Crippen LogP contribution in [0.4, 0.5) is 13.2 Å². The molecule has 1 atom stereocenters. The molecule has 1 N–H and O–H groups in total. The van der Waals surface area contributed by atoms with Crippen molar-refractivity contribution in [1.29, 1.82) is 0 Å². The summed E-state index contributed by atoms with van der Waals surface area (Å²) in [7, 11) is 0. The highest BCUT2D eigenvalue weighted by molar-refractivity contribution is 5.27. The molecule has 1 aromatic rings. The van der Waals surface area contributed by atoms with Gasteiger partial charge in [-0.15, -0.1) is 0 Å². The van der Waals surface area contributed by atoms with Crippen LogP contribution in [-0.4, -0.2) is 17.4 Å². The largest absolute Gasteiger partial charge is 0.414 e. The molecule has 4 heteroatoms. The quantitative estimate of drug-likeness (QED) is 0.874. The van der Waals surface area contributed by atoms with Crippen LogP contribution in [0, 0.1) is 0 Å². The maximum absolute atomic E-state index is 12.5. The molecule has 100 valence electrons. The van der Waals surface area contributed by atoms with Gasteiger partial charge >= 0.3 is 6.18 Å². The van der Waals surface area contributed by atoms with Crippen LogP contribution in [0.2, 0.25) is 0 Å². The number of rotatable bonds is 3. The average molecular weight is 258 g/mol. The van der Waals surface area contributed by atoms with Crippen molar-refractivity contribution in [1.82, 2.24) is 0 Å². The van der Waals surface area contributed by atoms with Crippen molar-refractivity contribution >= 4 is 0 Å². The van der Waals surface area contributed by atoms with Crippen LogP contribution in [0.5, 0.6) is 0 Å². The molecule has 0 bridgehead atoms. The maximum atomic E-state index is 12.5. The fourth-order valence-electron chi connectivity index (χ4n) is 2.94. The van der Waals surface area contributed by atoms with Gasteiger partial charge in [-0.1, -0.05) is 43.2 Å². The van der Waals surface area contributed by atoms with Crippen LogP contribution in [0.25, 0.3) is 0 Å². The summed E-state index contributed by atoms with van der Waals surface area (Å²) < 4.78 is 37.6. The highest BCUT2D eigenvalue weighted by Crippen LogP contribution is 2.46. The highest BCUT2D eigenvalue weighted by atomic mass is 19.4. The highest BCUT2D eigenvalue weighted by Gasteiger charge is 2.46. The topological polar surface area (TPSA) is 20.2 Å². The second kappa shape index (κ2) is 4.92. The summed E-state index contributed by atoms with van der Waals surface area (Å²) >= 11 is 0. The average Bonchev–Trinajstić information content (AvgIpc) is 2.79. The van der Waals surface area contributed by atoms with E-state index >= 15 is 0 Å². The molecule has 2 rings (SSSR count). The third-order valence-electron chi connectivity index (χ3n) is 3.91. The van der Waals surface area contributed by atoms with Crippen LogP contribution in [0.1, 0.15) is 37.7 Å². The van der Waals surface area contributed by atoms with E-state index in [1.54, 1.807) is 0 Å². The van der Waals surface area contributed by atoms with Crippen molar-refractivity contribution in [3.05, 3.63) is 35.9 Å². The summed E-state index contributed by atoms with van der Waals surface area (Å²) in [6.45, 7) is 0. The van der Waals surface area contributed by atoms with Gasteiger partial charge in [-0.05, 0) is 30.2 Å². The van der Waals surface area contributed by atoms with Crippen LogP contribution < -0.4 is 0 Å². The van der Waals surface area contributed by atoms with E-state index in [0.717, 1.165) is 31.2 Å². The Bertz CT molecular complexity index is 380. The van der Waals surface area contributed by atoms with Gasteiger partial charge in [0.2, 0.25) is 0 Å². The van der Waals surface area contributed by atoms with Crippen LogP contribution in [0.15, 0.2) is 30.3 Å². The van der Waals surface area contributed by atoms with Gasteiger partial charge in [0.15, 0.2) is 6.10 Å². The minimum Gasteiger partial charge on any atom is -0.384 e. The molecule has 0 aromatic heterocycles. The first kappa shape index (κ1) is 13.4. The Morgan fingerprint density at radius 2 is 1.67 bits per heavy atom. The molecule has 0 spiro atoms. The molecule has 1 fully saturated rings. The predicted octanol–water partition coefficient (Wildman–Crippen LogP) is 3.81. The minimum absolute atomic E-state index is 0.222. The number of aliphatic hydroxyl groups is 1. The second-order valence-electron chi connectivity index (χ2n) is 5.11. The summed E-state index contributed by atoms with van der Waals surface area (Å²) in [5.41, 5.74) is 0.418. The number of benzene rings is 1. The summed E-state index contributed by atoms with van der Waals surface area (Å²) in [4.78, 5) is 0. The molecule has 1 saturated carbocycles. The zero-order valence-corrected chi connectivity index (χ0v) is 10.1. The lowest BCUT2D eigenvalue weighted by atomic mass is 9.74. The third-order valence-corrected chi connectivity index (χ3v) is 3.91. The molecular weight excluding hydrogens is 241 g/mol. The fourth-order valence-corrected chi connectivity index (χ4v) is 2.94. The van der Waals surface area contributed by atoms with Gasteiger partial charge in [-0.3, -0.25) is 0 Å². The second-order valence-corrected chi connectivity index (χ2v) is 5.11. The number of hydrogen-bond acceptors (Lipinski definition) is 1. The molecule has 0 heterocycles. The minimum atomic E-state index is -4.52. The molecule has 1 aromatic carbocycles.